The van der Waals surface area contributed by atoms with Crippen LogP contribution in [0.5, 0.6) is 0 Å². The average molecular weight is 581 g/mol. The first-order valence-corrected chi connectivity index (χ1v) is 14.5. The van der Waals surface area contributed by atoms with Crippen molar-refractivity contribution >= 4 is 11.8 Å². The van der Waals surface area contributed by atoms with Crippen LogP contribution in [-0.4, -0.2) is 80.5 Å². The lowest BCUT2D eigenvalue weighted by Gasteiger charge is -2.61. The number of carbonyl (C=O) groups excluding carboxylic acids is 2. The monoisotopic (exact) mass is 580 g/mol. The Bertz CT molecular complexity index is 1440. The number of ketones is 1. The molecule has 1 aromatic rings. The van der Waals surface area contributed by atoms with Crippen LogP contribution in [0.15, 0.2) is 66.3 Å². The maximum absolute atomic E-state index is 13.7. The number of Topliss-reactive ketones (excluding diaryl/α,β-unsaturated/α-hetero) is 1. The molecule has 3 aliphatic heterocycles. The Morgan fingerprint density at radius 2 is 1.88 bits per heavy atom. The van der Waals surface area contributed by atoms with Crippen molar-refractivity contribution in [1.29, 1.82) is 0 Å². The van der Waals surface area contributed by atoms with E-state index in [1.807, 2.05) is 19.9 Å². The minimum absolute atomic E-state index is 0.238. The van der Waals surface area contributed by atoms with Crippen molar-refractivity contribution in [3.8, 4) is 0 Å². The van der Waals surface area contributed by atoms with Gasteiger partial charge in [0.2, 0.25) is 0 Å². The number of aliphatic hydroxyl groups excluding tert-OH is 2. The second-order valence-electron chi connectivity index (χ2n) is 12.6. The highest BCUT2D eigenvalue weighted by Crippen LogP contribution is 2.74. The fraction of sp³-hybridized carbons (Fsp3) is 0.562. The zero-order valence-corrected chi connectivity index (χ0v) is 24.0. The van der Waals surface area contributed by atoms with Gasteiger partial charge in [0.15, 0.2) is 17.0 Å². The molecule has 0 amide bonds. The summed E-state index contributed by atoms with van der Waals surface area (Å²) in [6.45, 7) is 10.7. The summed E-state index contributed by atoms with van der Waals surface area (Å²) >= 11 is 0. The minimum atomic E-state index is -2.40. The van der Waals surface area contributed by atoms with Gasteiger partial charge in [0.05, 0.1) is 12.2 Å². The third-order valence-electron chi connectivity index (χ3n) is 10.6. The Morgan fingerprint density at radius 1 is 1.17 bits per heavy atom. The molecular weight excluding hydrogens is 544 g/mol. The fourth-order valence-corrected chi connectivity index (χ4v) is 8.69. The van der Waals surface area contributed by atoms with E-state index in [9.17, 15) is 24.9 Å². The number of allylic oxidation sites excluding steroid dienone is 1. The molecular formula is C32H36O10. The SMILES string of the molecule is C=C(C)[C@@]12O[C@@]3(c4ccccc4)O[C@@H]1[C@@H]1[C@@H]4O[C@]4(CO)[C@@H](O)[C@]4(O)C(=O)C(C)=C[C@H]4[C@@]1(O3)[C@H](C)[C@H]2OC(=O)/C=C/CC. The standard InChI is InChI=1S/C32H36O10/c1-6-7-13-21(34)38-24-18(5)31-20-14-17(4)23(35)29(20,37)27(36)28(15-33)25(39-28)22(31)26-30(24,16(2)3)41-32(40-26,42-31)19-11-9-8-10-12-19/h7-14,18,20,22,24-27,33,36-37H,2,6,15H2,1,3-5H3/b13-7+/t18-,20-,22+,24-,25+,26-,27-,28+,29-,30+,31+,32-/m1/s1. The Kier molecular flexibility index (Phi) is 5.81. The summed E-state index contributed by atoms with van der Waals surface area (Å²) < 4.78 is 33.0. The average Bonchev–Trinajstić information content (AvgIpc) is 3.60. The van der Waals surface area contributed by atoms with Gasteiger partial charge in [-0.25, -0.2) is 4.79 Å². The van der Waals surface area contributed by atoms with Gasteiger partial charge in [-0.15, -0.1) is 0 Å². The van der Waals surface area contributed by atoms with E-state index in [4.69, 9.17) is 23.7 Å². The lowest BCUT2D eigenvalue weighted by atomic mass is 9.53. The molecule has 3 aliphatic carbocycles. The van der Waals surface area contributed by atoms with Gasteiger partial charge in [0.25, 0.3) is 0 Å². The second kappa shape index (κ2) is 8.69. The van der Waals surface area contributed by atoms with Crippen molar-refractivity contribution < 1.29 is 48.6 Å². The van der Waals surface area contributed by atoms with E-state index in [0.29, 0.717) is 17.6 Å². The number of hydrogen-bond donors (Lipinski definition) is 3. The van der Waals surface area contributed by atoms with Crippen LogP contribution in [0.1, 0.15) is 39.7 Å². The summed E-state index contributed by atoms with van der Waals surface area (Å²) in [4.78, 5) is 26.9. The smallest absolute Gasteiger partial charge is 0.330 e. The Balaban J connectivity index is 1.53. The van der Waals surface area contributed by atoms with Crippen LogP contribution in [0.3, 0.4) is 0 Å². The summed E-state index contributed by atoms with van der Waals surface area (Å²) in [5.74, 6) is -5.77. The number of fused-ring (bicyclic) bond motifs is 3. The van der Waals surface area contributed by atoms with E-state index in [0.717, 1.165) is 0 Å². The largest absolute Gasteiger partial charge is 0.455 e. The number of hydrogen-bond acceptors (Lipinski definition) is 10. The number of esters is 1. The molecule has 7 rings (SSSR count). The molecule has 3 heterocycles. The number of ether oxygens (including phenoxy) is 5. The van der Waals surface area contributed by atoms with Gasteiger partial charge in [-0.3, -0.25) is 4.79 Å². The lowest BCUT2D eigenvalue weighted by Crippen LogP contribution is -2.76. The number of epoxide rings is 1. The molecule has 0 radical (unpaired) electrons. The summed E-state index contributed by atoms with van der Waals surface area (Å²) in [6, 6.07) is 9.01. The van der Waals surface area contributed by atoms with Crippen LogP contribution < -0.4 is 0 Å². The highest BCUT2D eigenvalue weighted by Gasteiger charge is 2.90. The van der Waals surface area contributed by atoms with Crippen LogP contribution in [0.25, 0.3) is 0 Å². The van der Waals surface area contributed by atoms with E-state index in [-0.39, 0.29) is 5.57 Å². The molecule has 10 nitrogen and oxygen atoms in total. The first-order chi connectivity index (χ1) is 19.9. The van der Waals surface area contributed by atoms with Gasteiger partial charge in [-0.05, 0) is 31.4 Å². The van der Waals surface area contributed by atoms with Crippen molar-refractivity contribution in [2.24, 2.45) is 17.8 Å². The van der Waals surface area contributed by atoms with E-state index in [1.54, 1.807) is 50.3 Å². The fourth-order valence-electron chi connectivity index (χ4n) is 8.69. The molecule has 2 saturated carbocycles. The predicted molar refractivity (Wildman–Crippen MR) is 145 cm³/mol. The van der Waals surface area contributed by atoms with E-state index in [1.165, 1.54) is 6.08 Å². The molecule has 3 N–H and O–H groups in total. The van der Waals surface area contributed by atoms with Gasteiger partial charge in [-0.2, -0.15) is 0 Å². The van der Waals surface area contributed by atoms with Crippen LogP contribution in [0, 0.1) is 17.8 Å². The van der Waals surface area contributed by atoms with E-state index in [2.05, 4.69) is 6.58 Å². The van der Waals surface area contributed by atoms with E-state index >= 15 is 0 Å². The Labute approximate surface area is 243 Å². The van der Waals surface area contributed by atoms with Crippen molar-refractivity contribution in [3.05, 3.63) is 71.8 Å². The van der Waals surface area contributed by atoms with Gasteiger partial charge >= 0.3 is 11.9 Å². The zero-order valence-electron chi connectivity index (χ0n) is 24.0. The third-order valence-corrected chi connectivity index (χ3v) is 10.6. The van der Waals surface area contributed by atoms with Crippen LogP contribution in [0.2, 0.25) is 0 Å². The number of benzene rings is 1. The summed E-state index contributed by atoms with van der Waals surface area (Å²) in [5.41, 5.74) is -5.76. The molecule has 224 valence electrons. The summed E-state index contributed by atoms with van der Waals surface area (Å²) in [7, 11) is 0. The highest BCUT2D eigenvalue weighted by atomic mass is 16.9. The summed E-state index contributed by atoms with van der Waals surface area (Å²) in [5, 5.41) is 34.6. The van der Waals surface area contributed by atoms with E-state index < -0.39 is 88.9 Å². The summed E-state index contributed by atoms with van der Waals surface area (Å²) in [6.07, 6.45) is 0.660. The molecule has 5 fully saturated rings. The van der Waals surface area contributed by atoms with Crippen LogP contribution >= 0.6 is 0 Å². The molecule has 10 heteroatoms. The van der Waals surface area contributed by atoms with Gasteiger partial charge in [-0.1, -0.05) is 62.9 Å². The molecule has 3 bridgehead atoms. The second-order valence-corrected chi connectivity index (χ2v) is 12.6. The minimum Gasteiger partial charge on any atom is -0.455 e. The quantitative estimate of drug-likeness (QED) is 0.197. The van der Waals surface area contributed by atoms with Gasteiger partial charge < -0.3 is 39.0 Å². The lowest BCUT2D eigenvalue weighted by molar-refractivity contribution is -0.440. The maximum Gasteiger partial charge on any atom is 0.330 e. The van der Waals surface area contributed by atoms with Crippen LogP contribution in [-0.2, 0) is 39.2 Å². The molecule has 0 aromatic heterocycles. The first-order valence-electron chi connectivity index (χ1n) is 14.5. The topological polar surface area (TPSA) is 144 Å². The molecule has 42 heavy (non-hydrogen) atoms. The van der Waals surface area contributed by atoms with Gasteiger partial charge in [0, 0.05) is 29.4 Å². The maximum atomic E-state index is 13.7. The zero-order chi connectivity index (χ0) is 30.0. The molecule has 6 aliphatic rings. The molecule has 1 aromatic carbocycles. The third kappa shape index (κ3) is 2.99. The number of carbonyl (C=O) groups is 2. The highest BCUT2D eigenvalue weighted by molar-refractivity contribution is 6.05. The predicted octanol–water partition coefficient (Wildman–Crippen LogP) is 1.82. The van der Waals surface area contributed by atoms with Crippen LogP contribution in [0.4, 0.5) is 0 Å². The Morgan fingerprint density at radius 3 is 2.52 bits per heavy atom. The van der Waals surface area contributed by atoms with Gasteiger partial charge in [0.1, 0.15) is 30.0 Å². The van der Waals surface area contributed by atoms with Crippen molar-refractivity contribution in [2.75, 3.05) is 6.61 Å². The number of aliphatic hydroxyl groups is 3. The van der Waals surface area contributed by atoms with Crippen molar-refractivity contribution in [3.63, 3.8) is 0 Å². The number of rotatable bonds is 6. The molecule has 0 spiro atoms. The molecule has 12 atom stereocenters. The normalized spacial score (nSPS) is 49.6. The Hall–Kier alpha value is -2.70. The molecule has 3 saturated heterocycles. The first kappa shape index (κ1) is 28.1. The van der Waals surface area contributed by atoms with Crippen molar-refractivity contribution in [1.82, 2.24) is 0 Å². The van der Waals surface area contributed by atoms with Crippen molar-refractivity contribution in [2.45, 2.75) is 86.9 Å². The molecule has 0 unspecified atom stereocenters.